The summed E-state index contributed by atoms with van der Waals surface area (Å²) >= 11 is 4.98. The number of pyridine rings is 1. The highest BCUT2D eigenvalue weighted by Gasteiger charge is 2.00. The maximum absolute atomic E-state index is 4.33. The molecule has 0 aliphatic rings. The van der Waals surface area contributed by atoms with Crippen LogP contribution < -0.4 is 5.32 Å². The molecule has 5 heteroatoms. The second-order valence-corrected chi connectivity index (χ2v) is 5.20. The first-order chi connectivity index (χ1) is 8.31. The predicted octanol–water partition coefficient (Wildman–Crippen LogP) is 4.20. The molecule has 0 amide bonds. The Labute approximate surface area is 111 Å². The highest BCUT2D eigenvalue weighted by molar-refractivity contribution is 9.10. The molecule has 0 aliphatic carbocycles. The molecular formula is C12H8BrN3S. The Balaban J connectivity index is 1.94. The fourth-order valence-electron chi connectivity index (χ4n) is 1.56. The van der Waals surface area contributed by atoms with Crippen molar-refractivity contribution in [2.24, 2.45) is 0 Å². The van der Waals surface area contributed by atoms with E-state index in [1.807, 2.05) is 35.8 Å². The van der Waals surface area contributed by atoms with Gasteiger partial charge in [0, 0.05) is 5.69 Å². The number of benzene rings is 1. The van der Waals surface area contributed by atoms with Gasteiger partial charge in [-0.1, -0.05) is 6.07 Å². The summed E-state index contributed by atoms with van der Waals surface area (Å²) in [7, 11) is 0. The van der Waals surface area contributed by atoms with Crippen LogP contribution in [-0.4, -0.2) is 9.97 Å². The molecule has 0 fully saturated rings. The molecule has 0 atom stereocenters. The van der Waals surface area contributed by atoms with E-state index in [9.17, 15) is 0 Å². The Morgan fingerprint density at radius 2 is 2.12 bits per heavy atom. The minimum atomic E-state index is 0.821. The van der Waals surface area contributed by atoms with Crippen LogP contribution in [0.2, 0.25) is 0 Å². The van der Waals surface area contributed by atoms with E-state index in [0.717, 1.165) is 21.6 Å². The monoisotopic (exact) mass is 305 g/mol. The quantitative estimate of drug-likeness (QED) is 0.721. The molecule has 0 radical (unpaired) electrons. The topological polar surface area (TPSA) is 37.8 Å². The Morgan fingerprint density at radius 3 is 3.00 bits per heavy atom. The summed E-state index contributed by atoms with van der Waals surface area (Å²) < 4.78 is 1.99. The van der Waals surface area contributed by atoms with Crippen molar-refractivity contribution < 1.29 is 0 Å². The van der Waals surface area contributed by atoms with Crippen LogP contribution in [-0.2, 0) is 0 Å². The van der Waals surface area contributed by atoms with Gasteiger partial charge in [0.1, 0.15) is 10.4 Å². The average molecular weight is 306 g/mol. The summed E-state index contributed by atoms with van der Waals surface area (Å²) in [6, 6.07) is 11.9. The molecule has 0 saturated heterocycles. The maximum Gasteiger partial charge on any atom is 0.131 e. The van der Waals surface area contributed by atoms with Crippen molar-refractivity contribution in [3.05, 3.63) is 46.5 Å². The molecule has 3 nitrogen and oxygen atoms in total. The Hall–Kier alpha value is -1.46. The molecule has 3 rings (SSSR count). The van der Waals surface area contributed by atoms with Crippen LogP contribution >= 0.6 is 27.3 Å². The lowest BCUT2D eigenvalue weighted by molar-refractivity contribution is 1.27. The highest BCUT2D eigenvalue weighted by atomic mass is 79.9. The van der Waals surface area contributed by atoms with Gasteiger partial charge in [-0.2, -0.15) is 0 Å². The maximum atomic E-state index is 4.33. The lowest BCUT2D eigenvalue weighted by Crippen LogP contribution is -1.92. The third kappa shape index (κ3) is 2.30. The molecule has 2 aromatic heterocycles. The van der Waals surface area contributed by atoms with Crippen molar-refractivity contribution in [3.8, 4) is 0 Å². The highest BCUT2D eigenvalue weighted by Crippen LogP contribution is 2.24. The fraction of sp³-hybridized carbons (Fsp3) is 0. The molecule has 0 saturated carbocycles. The van der Waals surface area contributed by atoms with Crippen LogP contribution in [0.25, 0.3) is 10.2 Å². The molecule has 1 N–H and O–H groups in total. The van der Waals surface area contributed by atoms with Gasteiger partial charge < -0.3 is 5.32 Å². The van der Waals surface area contributed by atoms with Crippen molar-refractivity contribution in [1.29, 1.82) is 0 Å². The Kier molecular flexibility index (Phi) is 2.78. The first kappa shape index (κ1) is 10.7. The van der Waals surface area contributed by atoms with Crippen LogP contribution in [0.1, 0.15) is 0 Å². The van der Waals surface area contributed by atoms with Gasteiger partial charge in [0.05, 0.1) is 15.7 Å². The van der Waals surface area contributed by atoms with Gasteiger partial charge in [-0.25, -0.2) is 9.97 Å². The van der Waals surface area contributed by atoms with Crippen LogP contribution in [0.15, 0.2) is 46.5 Å². The van der Waals surface area contributed by atoms with Gasteiger partial charge in [-0.05, 0) is 46.3 Å². The Bertz CT molecular complexity index is 665. The summed E-state index contributed by atoms with van der Waals surface area (Å²) in [5, 5.41) is 3.26. The van der Waals surface area contributed by atoms with Gasteiger partial charge in [0.15, 0.2) is 0 Å². The first-order valence-corrected chi connectivity index (χ1v) is 6.71. The molecule has 0 unspecified atom stereocenters. The van der Waals surface area contributed by atoms with Crippen molar-refractivity contribution in [2.45, 2.75) is 0 Å². The van der Waals surface area contributed by atoms with E-state index >= 15 is 0 Å². The number of halogens is 1. The number of hydrogen-bond donors (Lipinski definition) is 1. The third-order valence-electron chi connectivity index (χ3n) is 2.32. The zero-order valence-corrected chi connectivity index (χ0v) is 11.1. The minimum Gasteiger partial charge on any atom is -0.340 e. The molecule has 1 aromatic carbocycles. The van der Waals surface area contributed by atoms with E-state index in [1.165, 1.54) is 4.70 Å². The normalized spacial score (nSPS) is 10.6. The van der Waals surface area contributed by atoms with E-state index in [0.29, 0.717) is 0 Å². The standard InChI is InChI=1S/C12H8BrN3S/c13-11-2-1-3-12(16-11)15-8-4-5-9-10(6-8)17-7-14-9/h1-7H,(H,15,16). The van der Waals surface area contributed by atoms with Crippen LogP contribution in [0.3, 0.4) is 0 Å². The third-order valence-corrected chi connectivity index (χ3v) is 3.55. The van der Waals surface area contributed by atoms with E-state index in [2.05, 4.69) is 37.3 Å². The molecule has 2 heterocycles. The van der Waals surface area contributed by atoms with Gasteiger partial charge in [-0.15, -0.1) is 11.3 Å². The molecule has 3 aromatic rings. The second kappa shape index (κ2) is 4.43. The molecule has 0 bridgehead atoms. The lowest BCUT2D eigenvalue weighted by atomic mass is 10.3. The van der Waals surface area contributed by atoms with Gasteiger partial charge in [0.2, 0.25) is 0 Å². The summed E-state index contributed by atoms with van der Waals surface area (Å²) in [6.45, 7) is 0. The minimum absolute atomic E-state index is 0.821. The Morgan fingerprint density at radius 1 is 1.18 bits per heavy atom. The van der Waals surface area contributed by atoms with Crippen molar-refractivity contribution in [1.82, 2.24) is 9.97 Å². The van der Waals surface area contributed by atoms with E-state index in [-0.39, 0.29) is 0 Å². The van der Waals surface area contributed by atoms with Gasteiger partial charge in [0.25, 0.3) is 0 Å². The molecule has 17 heavy (non-hydrogen) atoms. The van der Waals surface area contributed by atoms with E-state index in [1.54, 1.807) is 11.3 Å². The number of aromatic nitrogens is 2. The number of hydrogen-bond acceptors (Lipinski definition) is 4. The number of rotatable bonds is 2. The van der Waals surface area contributed by atoms with E-state index in [4.69, 9.17) is 0 Å². The summed E-state index contributed by atoms with van der Waals surface area (Å²) in [4.78, 5) is 8.58. The predicted molar refractivity (Wildman–Crippen MR) is 74.8 cm³/mol. The largest absolute Gasteiger partial charge is 0.340 e. The SMILES string of the molecule is Brc1cccc(Nc2ccc3ncsc3c2)n1. The number of thiazole rings is 1. The van der Waals surface area contributed by atoms with Crippen molar-refractivity contribution in [2.75, 3.05) is 5.32 Å². The zero-order chi connectivity index (χ0) is 11.7. The van der Waals surface area contributed by atoms with Gasteiger partial charge >= 0.3 is 0 Å². The van der Waals surface area contributed by atoms with Crippen molar-refractivity contribution in [3.63, 3.8) is 0 Å². The van der Waals surface area contributed by atoms with Crippen molar-refractivity contribution >= 4 is 49.0 Å². The molecule has 0 spiro atoms. The summed E-state index contributed by atoms with van der Waals surface area (Å²) in [6.07, 6.45) is 0. The summed E-state index contributed by atoms with van der Waals surface area (Å²) in [5.74, 6) is 0.822. The van der Waals surface area contributed by atoms with E-state index < -0.39 is 0 Å². The first-order valence-electron chi connectivity index (χ1n) is 5.04. The van der Waals surface area contributed by atoms with Gasteiger partial charge in [-0.3, -0.25) is 0 Å². The number of fused-ring (bicyclic) bond motifs is 1. The second-order valence-electron chi connectivity index (χ2n) is 3.51. The van der Waals surface area contributed by atoms with Crippen LogP contribution in [0, 0.1) is 0 Å². The number of anilines is 2. The smallest absolute Gasteiger partial charge is 0.131 e. The van der Waals surface area contributed by atoms with Crippen LogP contribution in [0.4, 0.5) is 11.5 Å². The van der Waals surface area contributed by atoms with Crippen LogP contribution in [0.5, 0.6) is 0 Å². The number of nitrogens with zero attached hydrogens (tertiary/aromatic N) is 2. The zero-order valence-electron chi connectivity index (χ0n) is 8.72. The molecule has 0 aliphatic heterocycles. The fourth-order valence-corrected chi connectivity index (χ4v) is 2.62. The summed E-state index contributed by atoms with van der Waals surface area (Å²) in [5.41, 5.74) is 3.90. The molecule has 84 valence electrons. The lowest BCUT2D eigenvalue weighted by Gasteiger charge is -2.05. The molecular weight excluding hydrogens is 298 g/mol. The average Bonchev–Trinajstić information content (AvgIpc) is 2.76. The number of nitrogens with one attached hydrogen (secondary N) is 1.